The van der Waals surface area contributed by atoms with Crippen molar-refractivity contribution in [3.63, 3.8) is 0 Å². The number of methoxy groups -OCH3 is 1. The van der Waals surface area contributed by atoms with E-state index in [0.29, 0.717) is 42.4 Å². The van der Waals surface area contributed by atoms with Crippen molar-refractivity contribution in [1.82, 2.24) is 20.9 Å². The van der Waals surface area contributed by atoms with E-state index in [0.717, 1.165) is 43.0 Å². The lowest BCUT2D eigenvalue weighted by Gasteiger charge is -2.29. The van der Waals surface area contributed by atoms with Gasteiger partial charge in [0.05, 0.1) is 24.9 Å². The van der Waals surface area contributed by atoms with Gasteiger partial charge >= 0.3 is 0 Å². The van der Waals surface area contributed by atoms with E-state index in [1.165, 1.54) is 12.5 Å². The molecule has 2 heterocycles. The van der Waals surface area contributed by atoms with Crippen LogP contribution in [0.5, 0.6) is 5.75 Å². The number of benzene rings is 1. The molecular formula is C29H34N4O5. The molecule has 1 aliphatic carbocycles. The summed E-state index contributed by atoms with van der Waals surface area (Å²) in [6, 6.07) is 6.09. The highest BCUT2D eigenvalue weighted by atomic mass is 16.5. The molecule has 0 bridgehead atoms. The van der Waals surface area contributed by atoms with Gasteiger partial charge in [0.2, 0.25) is 0 Å². The fourth-order valence-corrected chi connectivity index (χ4v) is 5.58. The number of fused-ring (bicyclic) bond motifs is 1. The lowest BCUT2D eigenvalue weighted by atomic mass is 9.84. The predicted molar refractivity (Wildman–Crippen MR) is 144 cm³/mol. The number of hydrogen-bond acceptors (Lipinski definition) is 7. The van der Waals surface area contributed by atoms with Crippen molar-refractivity contribution in [2.75, 3.05) is 13.7 Å². The minimum Gasteiger partial charge on any atom is -0.497 e. The van der Waals surface area contributed by atoms with Crippen LogP contribution < -0.4 is 20.7 Å². The zero-order valence-electron chi connectivity index (χ0n) is 21.6. The smallest absolute Gasteiger partial charge is 0.268 e. The van der Waals surface area contributed by atoms with Crippen LogP contribution in [0, 0.1) is 11.8 Å². The molecule has 1 saturated carbocycles. The van der Waals surface area contributed by atoms with Crippen LogP contribution in [-0.4, -0.2) is 54.5 Å². The van der Waals surface area contributed by atoms with Crippen LogP contribution >= 0.6 is 0 Å². The molecule has 200 valence electrons. The highest BCUT2D eigenvalue weighted by Crippen LogP contribution is 2.29. The van der Waals surface area contributed by atoms with Crippen LogP contribution in [0.2, 0.25) is 0 Å². The summed E-state index contributed by atoms with van der Waals surface area (Å²) in [5.74, 6) is 6.32. The van der Waals surface area contributed by atoms with Gasteiger partial charge in [0.1, 0.15) is 35.0 Å². The number of carbonyl (C=O) groups is 1. The average molecular weight is 519 g/mol. The first-order valence-electron chi connectivity index (χ1n) is 13.2. The first-order valence-corrected chi connectivity index (χ1v) is 13.2. The van der Waals surface area contributed by atoms with Gasteiger partial charge in [-0.2, -0.15) is 0 Å². The maximum absolute atomic E-state index is 13.3. The molecular weight excluding hydrogens is 484 g/mol. The first kappa shape index (κ1) is 27.0. The van der Waals surface area contributed by atoms with Crippen LogP contribution in [-0.2, 0) is 14.4 Å². The van der Waals surface area contributed by atoms with Crippen molar-refractivity contribution in [2.45, 2.75) is 63.5 Å². The van der Waals surface area contributed by atoms with E-state index in [9.17, 15) is 19.2 Å². The van der Waals surface area contributed by atoms with Crippen molar-refractivity contribution < 1.29 is 23.9 Å². The van der Waals surface area contributed by atoms with Crippen molar-refractivity contribution in [3.8, 4) is 5.75 Å². The molecule has 9 heteroatoms. The number of aromatic nitrogens is 1. The summed E-state index contributed by atoms with van der Waals surface area (Å²) in [5.41, 5.74) is 1.81. The lowest BCUT2D eigenvalue weighted by molar-refractivity contribution is 0.0930. The van der Waals surface area contributed by atoms with Crippen molar-refractivity contribution in [2.24, 2.45) is 11.8 Å². The number of nitrogens with one attached hydrogen (secondary N) is 4. The van der Waals surface area contributed by atoms with Crippen LogP contribution in [0.25, 0.3) is 10.9 Å². The maximum Gasteiger partial charge on any atom is 0.268 e. The monoisotopic (exact) mass is 518 g/mol. The SMILES string of the molecule is COc1ccc2[nH]c(C(=O)N[C@@H](CC3CCCCC3)C(=C=O)N[C@H](C=C=O)C[C@@H]3CCNC3=C=O)cc2c1. The van der Waals surface area contributed by atoms with Crippen LogP contribution in [0.4, 0.5) is 0 Å². The number of carbonyl (C=O) groups excluding carboxylic acids is 4. The van der Waals surface area contributed by atoms with Gasteiger partial charge in [-0.05, 0) is 49.4 Å². The fourth-order valence-electron chi connectivity index (χ4n) is 5.58. The van der Waals surface area contributed by atoms with Gasteiger partial charge < -0.3 is 25.7 Å². The Labute approximate surface area is 221 Å². The molecule has 3 atom stereocenters. The van der Waals surface area contributed by atoms with Gasteiger partial charge in [0.15, 0.2) is 0 Å². The molecule has 0 unspecified atom stereocenters. The third-order valence-corrected chi connectivity index (χ3v) is 7.61. The number of H-pyrrole nitrogens is 1. The van der Waals surface area contributed by atoms with Gasteiger partial charge in [0, 0.05) is 29.4 Å². The second-order valence-electron chi connectivity index (χ2n) is 10.1. The van der Waals surface area contributed by atoms with Gasteiger partial charge in [-0.3, -0.25) is 4.79 Å². The summed E-state index contributed by atoms with van der Waals surface area (Å²) in [7, 11) is 1.59. The van der Waals surface area contributed by atoms with E-state index in [4.69, 9.17) is 4.74 Å². The quantitative estimate of drug-likeness (QED) is 0.337. The largest absolute Gasteiger partial charge is 0.497 e. The normalized spacial score (nSPS) is 18.9. The van der Waals surface area contributed by atoms with Gasteiger partial charge in [-0.1, -0.05) is 32.1 Å². The van der Waals surface area contributed by atoms with E-state index in [2.05, 4.69) is 20.9 Å². The lowest BCUT2D eigenvalue weighted by Crippen LogP contribution is -2.44. The Bertz CT molecular complexity index is 1290. The van der Waals surface area contributed by atoms with Crippen LogP contribution in [0.15, 0.2) is 41.7 Å². The molecule has 1 saturated heterocycles. The second-order valence-corrected chi connectivity index (χ2v) is 10.1. The Morgan fingerprint density at radius 1 is 1.11 bits per heavy atom. The number of aromatic amines is 1. The number of amides is 1. The first-order chi connectivity index (χ1) is 18.5. The third kappa shape index (κ3) is 6.64. The molecule has 2 fully saturated rings. The van der Waals surface area contributed by atoms with Gasteiger partial charge in [-0.15, -0.1) is 0 Å². The van der Waals surface area contributed by atoms with Gasteiger partial charge in [-0.25, -0.2) is 14.4 Å². The topological polar surface area (TPSA) is 129 Å². The summed E-state index contributed by atoms with van der Waals surface area (Å²) in [6.07, 6.45) is 8.52. The van der Waals surface area contributed by atoms with E-state index < -0.39 is 12.1 Å². The van der Waals surface area contributed by atoms with Crippen LogP contribution in [0.1, 0.15) is 61.9 Å². The molecule has 4 rings (SSSR count). The molecule has 9 nitrogen and oxygen atoms in total. The summed E-state index contributed by atoms with van der Waals surface area (Å²) in [6.45, 7) is 0.653. The zero-order valence-corrected chi connectivity index (χ0v) is 21.6. The standard InChI is InChI=1S/C29H34N4O5/c1-38-23-7-8-24-21(15-23)16-26(32-24)29(37)33-25(13-19-5-3-2-4-6-19)28(18-36)31-22(10-12-34)14-20-9-11-30-27(20)17-35/h7-8,10,15-16,19-20,22,25,30-32H,2-6,9,11,13-14H2,1H3,(H,33,37)/t20-,22+,25-/m0/s1. The number of ether oxygens (including phenoxy) is 1. The predicted octanol–water partition coefficient (Wildman–Crippen LogP) is 3.02. The molecule has 2 aliphatic rings. The maximum atomic E-state index is 13.3. The van der Waals surface area contributed by atoms with E-state index in [-0.39, 0.29) is 17.5 Å². The van der Waals surface area contributed by atoms with Gasteiger partial charge in [0.25, 0.3) is 5.91 Å². The molecule has 0 spiro atoms. The Morgan fingerprint density at radius 3 is 2.63 bits per heavy atom. The molecule has 38 heavy (non-hydrogen) atoms. The molecule has 4 N–H and O–H groups in total. The van der Waals surface area contributed by atoms with E-state index in [1.54, 1.807) is 19.1 Å². The van der Waals surface area contributed by atoms with Crippen molar-refractivity contribution in [3.05, 3.63) is 47.4 Å². The fraction of sp³-hybridized carbons (Fsp3) is 0.483. The summed E-state index contributed by atoms with van der Waals surface area (Å²) in [4.78, 5) is 51.2. The molecule has 0 radical (unpaired) electrons. The van der Waals surface area contributed by atoms with Crippen molar-refractivity contribution >= 4 is 34.6 Å². The van der Waals surface area contributed by atoms with E-state index >= 15 is 0 Å². The molecule has 2 aromatic rings. The molecule has 1 aromatic carbocycles. The Hall–Kier alpha value is -4.02. The number of rotatable bonds is 11. The van der Waals surface area contributed by atoms with Crippen molar-refractivity contribution in [1.29, 1.82) is 0 Å². The Morgan fingerprint density at radius 2 is 1.92 bits per heavy atom. The number of hydrogen-bond donors (Lipinski definition) is 4. The minimum absolute atomic E-state index is 0.114. The third-order valence-electron chi connectivity index (χ3n) is 7.61. The summed E-state index contributed by atoms with van der Waals surface area (Å²) < 4.78 is 5.28. The molecule has 1 amide bonds. The summed E-state index contributed by atoms with van der Waals surface area (Å²) in [5, 5.41) is 10.0. The zero-order chi connectivity index (χ0) is 26.9. The Kier molecular flexibility index (Phi) is 9.23. The number of allylic oxidation sites excluding steroid dienone is 1. The summed E-state index contributed by atoms with van der Waals surface area (Å²) >= 11 is 0. The van der Waals surface area contributed by atoms with Crippen LogP contribution in [0.3, 0.4) is 0 Å². The molecule has 1 aromatic heterocycles. The van der Waals surface area contributed by atoms with E-state index in [1.807, 2.05) is 30.1 Å². The Balaban J connectivity index is 1.54. The molecule has 1 aliphatic heterocycles. The highest BCUT2D eigenvalue weighted by molar-refractivity contribution is 5.98. The average Bonchev–Trinajstić information content (AvgIpc) is 3.58. The highest BCUT2D eigenvalue weighted by Gasteiger charge is 2.29. The second kappa shape index (κ2) is 13.0. The minimum atomic E-state index is -0.616.